The minimum absolute atomic E-state index is 0.0266. The lowest BCUT2D eigenvalue weighted by Gasteiger charge is -1.99. The number of hydrogen-bond donors (Lipinski definition) is 1. The maximum atomic E-state index is 12.0. The molecular formula is C12H10BrN3O2S2. The van der Waals surface area contributed by atoms with Gasteiger partial charge in [0.25, 0.3) is 0 Å². The summed E-state index contributed by atoms with van der Waals surface area (Å²) in [5, 5.41) is 10.7. The van der Waals surface area contributed by atoms with Crippen molar-refractivity contribution in [3.8, 4) is 0 Å². The maximum absolute atomic E-state index is 12.0. The van der Waals surface area contributed by atoms with Crippen LogP contribution in [0.15, 0.2) is 33.1 Å². The van der Waals surface area contributed by atoms with Gasteiger partial charge in [-0.3, -0.25) is 9.59 Å². The van der Waals surface area contributed by atoms with Gasteiger partial charge in [0.1, 0.15) is 0 Å². The number of carbonyl (C=O) groups is 2. The molecule has 1 N–H and O–H groups in total. The number of ketones is 1. The molecule has 0 fully saturated rings. The predicted octanol–water partition coefficient (Wildman–Crippen LogP) is 3.23. The Morgan fingerprint density at radius 1 is 1.30 bits per heavy atom. The lowest BCUT2D eigenvalue weighted by atomic mass is 10.2. The van der Waals surface area contributed by atoms with E-state index in [1.807, 2.05) is 12.1 Å². The molecule has 1 aromatic heterocycles. The van der Waals surface area contributed by atoms with Gasteiger partial charge in [-0.15, -0.1) is 10.2 Å². The third-order valence-corrected chi connectivity index (χ3v) is 4.68. The average molecular weight is 372 g/mol. The van der Waals surface area contributed by atoms with Crippen molar-refractivity contribution in [2.45, 2.75) is 11.3 Å². The number of rotatable bonds is 5. The average Bonchev–Trinajstić information content (AvgIpc) is 2.83. The van der Waals surface area contributed by atoms with Gasteiger partial charge in [-0.2, -0.15) is 0 Å². The Morgan fingerprint density at radius 3 is 2.65 bits per heavy atom. The van der Waals surface area contributed by atoms with Crippen molar-refractivity contribution < 1.29 is 9.59 Å². The molecule has 2 aromatic rings. The van der Waals surface area contributed by atoms with Gasteiger partial charge in [0.2, 0.25) is 11.0 Å². The van der Waals surface area contributed by atoms with Crippen molar-refractivity contribution in [1.82, 2.24) is 10.2 Å². The van der Waals surface area contributed by atoms with Gasteiger partial charge >= 0.3 is 0 Å². The van der Waals surface area contributed by atoms with Crippen LogP contribution >= 0.6 is 39.0 Å². The highest BCUT2D eigenvalue weighted by Crippen LogP contribution is 2.26. The molecule has 0 saturated carbocycles. The Hall–Kier alpha value is -1.25. The van der Waals surface area contributed by atoms with Crippen molar-refractivity contribution in [2.24, 2.45) is 0 Å². The van der Waals surface area contributed by atoms with E-state index >= 15 is 0 Å². The molecule has 0 aliphatic rings. The van der Waals surface area contributed by atoms with Crippen LogP contribution in [-0.4, -0.2) is 27.6 Å². The molecule has 5 nitrogen and oxygen atoms in total. The molecule has 104 valence electrons. The van der Waals surface area contributed by atoms with Crippen LogP contribution < -0.4 is 5.32 Å². The molecule has 1 aromatic carbocycles. The molecule has 1 amide bonds. The highest BCUT2D eigenvalue weighted by Gasteiger charge is 2.10. The Morgan fingerprint density at radius 2 is 2.00 bits per heavy atom. The number of halogens is 1. The van der Waals surface area contributed by atoms with Crippen molar-refractivity contribution in [1.29, 1.82) is 0 Å². The van der Waals surface area contributed by atoms with E-state index in [1.165, 1.54) is 30.0 Å². The number of nitrogens with zero attached hydrogens (tertiary/aromatic N) is 2. The van der Waals surface area contributed by atoms with Gasteiger partial charge in [0, 0.05) is 17.0 Å². The van der Waals surface area contributed by atoms with E-state index in [0.29, 0.717) is 15.0 Å². The summed E-state index contributed by atoms with van der Waals surface area (Å²) in [6.07, 6.45) is 0. The maximum Gasteiger partial charge on any atom is 0.223 e. The summed E-state index contributed by atoms with van der Waals surface area (Å²) in [5.74, 6) is 0.124. The smallest absolute Gasteiger partial charge is 0.223 e. The summed E-state index contributed by atoms with van der Waals surface area (Å²) in [6, 6.07) is 7.21. The molecule has 2 rings (SSSR count). The summed E-state index contributed by atoms with van der Waals surface area (Å²) in [6.45, 7) is 1.41. The Labute approximate surface area is 132 Å². The van der Waals surface area contributed by atoms with E-state index in [1.54, 1.807) is 12.1 Å². The Balaban J connectivity index is 1.91. The van der Waals surface area contributed by atoms with E-state index in [4.69, 9.17) is 0 Å². The van der Waals surface area contributed by atoms with Crippen LogP contribution in [0.2, 0.25) is 0 Å². The molecule has 0 aliphatic heterocycles. The van der Waals surface area contributed by atoms with E-state index < -0.39 is 0 Å². The van der Waals surface area contributed by atoms with E-state index in [-0.39, 0.29) is 17.4 Å². The van der Waals surface area contributed by atoms with Crippen LogP contribution in [0.3, 0.4) is 0 Å². The minimum Gasteiger partial charge on any atom is -0.301 e. The number of benzene rings is 1. The van der Waals surface area contributed by atoms with Crippen molar-refractivity contribution >= 4 is 55.9 Å². The summed E-state index contributed by atoms with van der Waals surface area (Å²) in [5.41, 5.74) is 0.660. The van der Waals surface area contributed by atoms with E-state index in [2.05, 4.69) is 31.4 Å². The molecule has 8 heteroatoms. The Kier molecular flexibility index (Phi) is 5.27. The zero-order valence-corrected chi connectivity index (χ0v) is 13.6. The first-order valence-corrected chi connectivity index (χ1v) is 8.17. The highest BCUT2D eigenvalue weighted by molar-refractivity contribution is 9.10. The molecule has 1 heterocycles. The lowest BCUT2D eigenvalue weighted by molar-refractivity contribution is -0.114. The standard InChI is InChI=1S/C12H10BrN3O2S2/c1-7(17)14-11-15-16-12(20-11)19-6-10(18)8-2-4-9(13)5-3-8/h2-5H,6H2,1H3,(H,14,15,17). The first-order valence-electron chi connectivity index (χ1n) is 5.57. The van der Waals surface area contributed by atoms with E-state index in [9.17, 15) is 9.59 Å². The summed E-state index contributed by atoms with van der Waals surface area (Å²) < 4.78 is 1.59. The van der Waals surface area contributed by atoms with Crippen LogP contribution in [0.5, 0.6) is 0 Å². The number of anilines is 1. The molecule has 0 saturated heterocycles. The summed E-state index contributed by atoms with van der Waals surface area (Å²) in [7, 11) is 0. The van der Waals surface area contributed by atoms with Crippen molar-refractivity contribution in [3.63, 3.8) is 0 Å². The highest BCUT2D eigenvalue weighted by atomic mass is 79.9. The molecular weight excluding hydrogens is 362 g/mol. The van der Waals surface area contributed by atoms with E-state index in [0.717, 1.165) is 4.47 Å². The van der Waals surface area contributed by atoms with Crippen molar-refractivity contribution in [3.05, 3.63) is 34.3 Å². The van der Waals surface area contributed by atoms with Crippen LogP contribution in [-0.2, 0) is 4.79 Å². The number of aromatic nitrogens is 2. The molecule has 0 atom stereocenters. The van der Waals surface area contributed by atoms with Gasteiger partial charge in [-0.25, -0.2) is 0 Å². The first kappa shape index (κ1) is 15.1. The predicted molar refractivity (Wildman–Crippen MR) is 83.4 cm³/mol. The number of Topliss-reactive ketones (excluding diaryl/α,β-unsaturated/α-hetero) is 1. The third kappa shape index (κ3) is 4.39. The fourth-order valence-corrected chi connectivity index (χ4v) is 3.27. The first-order chi connectivity index (χ1) is 9.54. The number of amides is 1. The number of nitrogens with one attached hydrogen (secondary N) is 1. The van der Waals surface area contributed by atoms with Gasteiger partial charge < -0.3 is 5.32 Å². The second kappa shape index (κ2) is 6.96. The molecule has 0 spiro atoms. The second-order valence-corrected chi connectivity index (χ2v) is 6.89. The third-order valence-electron chi connectivity index (χ3n) is 2.18. The van der Waals surface area contributed by atoms with Gasteiger partial charge in [0.15, 0.2) is 10.1 Å². The largest absolute Gasteiger partial charge is 0.301 e. The second-order valence-electron chi connectivity index (χ2n) is 3.77. The fraction of sp³-hybridized carbons (Fsp3) is 0.167. The normalized spacial score (nSPS) is 10.3. The van der Waals surface area contributed by atoms with Crippen LogP contribution in [0.25, 0.3) is 0 Å². The van der Waals surface area contributed by atoms with Crippen LogP contribution in [0, 0.1) is 0 Å². The van der Waals surface area contributed by atoms with Crippen LogP contribution in [0.4, 0.5) is 5.13 Å². The number of hydrogen-bond acceptors (Lipinski definition) is 6. The van der Waals surface area contributed by atoms with Gasteiger partial charge in [0.05, 0.1) is 5.75 Å². The SMILES string of the molecule is CC(=O)Nc1nnc(SCC(=O)c2ccc(Br)cc2)s1. The number of carbonyl (C=O) groups excluding carboxylic acids is 2. The van der Waals surface area contributed by atoms with Crippen LogP contribution in [0.1, 0.15) is 17.3 Å². The molecule has 20 heavy (non-hydrogen) atoms. The quantitative estimate of drug-likeness (QED) is 0.496. The topological polar surface area (TPSA) is 72.0 Å². The lowest BCUT2D eigenvalue weighted by Crippen LogP contribution is -2.04. The minimum atomic E-state index is -0.191. The van der Waals surface area contributed by atoms with Gasteiger partial charge in [-0.1, -0.05) is 51.2 Å². The summed E-state index contributed by atoms with van der Waals surface area (Å²) >= 11 is 5.88. The monoisotopic (exact) mass is 371 g/mol. The molecule has 0 bridgehead atoms. The number of thioether (sulfide) groups is 1. The Bertz CT molecular complexity index is 628. The fourth-order valence-electron chi connectivity index (χ4n) is 1.32. The molecule has 0 unspecified atom stereocenters. The zero-order valence-electron chi connectivity index (χ0n) is 10.4. The molecule has 0 radical (unpaired) electrons. The summed E-state index contributed by atoms with van der Waals surface area (Å²) in [4.78, 5) is 22.8. The molecule has 0 aliphatic carbocycles. The zero-order chi connectivity index (χ0) is 14.5. The van der Waals surface area contributed by atoms with Crippen molar-refractivity contribution in [2.75, 3.05) is 11.1 Å². The van der Waals surface area contributed by atoms with Gasteiger partial charge in [-0.05, 0) is 12.1 Å².